The molecule has 0 bridgehead atoms. The van der Waals surface area contributed by atoms with E-state index in [-0.39, 0.29) is 0 Å². The van der Waals surface area contributed by atoms with Gasteiger partial charge in [-0.2, -0.15) is 10.1 Å². The Morgan fingerprint density at radius 3 is 3.00 bits per heavy atom. The lowest BCUT2D eigenvalue weighted by molar-refractivity contribution is 0.996. The van der Waals surface area contributed by atoms with Crippen molar-refractivity contribution in [2.45, 2.75) is 13.3 Å². The van der Waals surface area contributed by atoms with Crippen molar-refractivity contribution in [1.29, 1.82) is 0 Å². The van der Waals surface area contributed by atoms with Gasteiger partial charge in [-0.05, 0) is 19.1 Å². The molecule has 0 saturated heterocycles. The van der Waals surface area contributed by atoms with Crippen molar-refractivity contribution < 1.29 is 0 Å². The Balaban J connectivity index is 2.03. The van der Waals surface area contributed by atoms with Crippen LogP contribution >= 0.6 is 0 Å². The van der Waals surface area contributed by atoms with Crippen LogP contribution in [0.2, 0.25) is 0 Å². The first kappa shape index (κ1) is 11.6. The van der Waals surface area contributed by atoms with Crippen LogP contribution in [-0.4, -0.2) is 31.7 Å². The second kappa shape index (κ2) is 5.01. The summed E-state index contributed by atoms with van der Waals surface area (Å²) in [5.74, 6) is 0.616. The SMILES string of the molecule is CCNc1nc(Cc2ccccn2)c2cn[nH]c2n1. The number of aromatic nitrogens is 5. The Kier molecular flexibility index (Phi) is 3.06. The molecule has 6 heteroatoms. The molecule has 3 rings (SSSR count). The Morgan fingerprint density at radius 1 is 1.26 bits per heavy atom. The predicted molar refractivity (Wildman–Crippen MR) is 72.9 cm³/mol. The van der Waals surface area contributed by atoms with Crippen molar-refractivity contribution in [3.05, 3.63) is 42.0 Å². The highest BCUT2D eigenvalue weighted by atomic mass is 15.2. The van der Waals surface area contributed by atoms with Gasteiger partial charge < -0.3 is 5.32 Å². The standard InChI is InChI=1S/C13H14N6/c1-2-14-13-17-11(7-9-5-3-4-6-15-9)10-8-16-19-12(10)18-13/h3-6,8H,2,7H2,1H3,(H2,14,16,17,18,19). The number of nitrogens with zero attached hydrogens (tertiary/aromatic N) is 4. The first-order valence-corrected chi connectivity index (χ1v) is 6.20. The molecule has 0 amide bonds. The smallest absolute Gasteiger partial charge is 0.224 e. The lowest BCUT2D eigenvalue weighted by Crippen LogP contribution is -2.05. The minimum atomic E-state index is 0.616. The summed E-state index contributed by atoms with van der Waals surface area (Å²) in [5.41, 5.74) is 2.65. The molecule has 0 unspecified atom stereocenters. The lowest BCUT2D eigenvalue weighted by atomic mass is 10.1. The van der Waals surface area contributed by atoms with Crippen LogP contribution in [0.4, 0.5) is 5.95 Å². The number of nitrogens with one attached hydrogen (secondary N) is 2. The fourth-order valence-corrected chi connectivity index (χ4v) is 1.94. The number of hydrogen-bond donors (Lipinski definition) is 2. The number of hydrogen-bond acceptors (Lipinski definition) is 5. The summed E-state index contributed by atoms with van der Waals surface area (Å²) in [5, 5.41) is 11.0. The zero-order chi connectivity index (χ0) is 13.1. The van der Waals surface area contributed by atoms with E-state index >= 15 is 0 Å². The topological polar surface area (TPSA) is 79.4 Å². The molecule has 3 aromatic heterocycles. The molecular formula is C13H14N6. The molecule has 0 atom stereocenters. The van der Waals surface area contributed by atoms with Crippen molar-refractivity contribution in [2.24, 2.45) is 0 Å². The Labute approximate surface area is 110 Å². The molecule has 19 heavy (non-hydrogen) atoms. The summed E-state index contributed by atoms with van der Waals surface area (Å²) in [6.07, 6.45) is 4.20. The van der Waals surface area contributed by atoms with E-state index in [0.29, 0.717) is 12.4 Å². The van der Waals surface area contributed by atoms with Crippen LogP contribution in [0.5, 0.6) is 0 Å². The average Bonchev–Trinajstić information content (AvgIpc) is 2.89. The van der Waals surface area contributed by atoms with Crippen LogP contribution in [-0.2, 0) is 6.42 Å². The zero-order valence-corrected chi connectivity index (χ0v) is 10.6. The van der Waals surface area contributed by atoms with Crippen LogP contribution in [0.1, 0.15) is 18.3 Å². The van der Waals surface area contributed by atoms with Crippen molar-refractivity contribution in [1.82, 2.24) is 25.1 Å². The van der Waals surface area contributed by atoms with E-state index in [1.165, 1.54) is 0 Å². The highest BCUT2D eigenvalue weighted by Gasteiger charge is 2.10. The van der Waals surface area contributed by atoms with Crippen molar-refractivity contribution in [2.75, 3.05) is 11.9 Å². The fraction of sp³-hybridized carbons (Fsp3) is 0.231. The number of rotatable bonds is 4. The molecule has 3 heterocycles. The highest BCUT2D eigenvalue weighted by molar-refractivity contribution is 5.78. The summed E-state index contributed by atoms with van der Waals surface area (Å²) < 4.78 is 0. The predicted octanol–water partition coefficient (Wildman–Crippen LogP) is 1.77. The van der Waals surface area contributed by atoms with Crippen LogP contribution < -0.4 is 5.32 Å². The Bertz CT molecular complexity index is 676. The van der Waals surface area contributed by atoms with E-state index < -0.39 is 0 Å². The Hall–Kier alpha value is -2.50. The molecule has 0 fully saturated rings. The van der Waals surface area contributed by atoms with Crippen LogP contribution in [0.25, 0.3) is 11.0 Å². The first-order chi connectivity index (χ1) is 9.36. The summed E-state index contributed by atoms with van der Waals surface area (Å²) >= 11 is 0. The maximum absolute atomic E-state index is 4.54. The van der Waals surface area contributed by atoms with Gasteiger partial charge in [0.2, 0.25) is 5.95 Å². The van der Waals surface area contributed by atoms with Gasteiger partial charge in [-0.25, -0.2) is 4.98 Å². The number of aromatic amines is 1. The molecule has 0 aliphatic rings. The van der Waals surface area contributed by atoms with Gasteiger partial charge in [0.05, 0.1) is 17.3 Å². The minimum Gasteiger partial charge on any atom is -0.354 e. The maximum Gasteiger partial charge on any atom is 0.224 e. The van der Waals surface area contributed by atoms with Crippen molar-refractivity contribution >= 4 is 17.0 Å². The van der Waals surface area contributed by atoms with E-state index in [0.717, 1.165) is 29.0 Å². The van der Waals surface area contributed by atoms with Gasteiger partial charge in [0.1, 0.15) is 0 Å². The average molecular weight is 254 g/mol. The molecule has 0 aliphatic carbocycles. The van der Waals surface area contributed by atoms with Gasteiger partial charge >= 0.3 is 0 Å². The third-order valence-electron chi connectivity index (χ3n) is 2.80. The zero-order valence-electron chi connectivity index (χ0n) is 10.6. The molecule has 0 saturated carbocycles. The fourth-order valence-electron chi connectivity index (χ4n) is 1.94. The molecule has 0 aromatic carbocycles. The number of fused-ring (bicyclic) bond motifs is 1. The summed E-state index contributed by atoms with van der Waals surface area (Å²) in [6.45, 7) is 2.79. The van der Waals surface area contributed by atoms with E-state index in [2.05, 4.69) is 30.5 Å². The highest BCUT2D eigenvalue weighted by Crippen LogP contribution is 2.17. The van der Waals surface area contributed by atoms with Gasteiger partial charge in [-0.1, -0.05) is 6.07 Å². The monoisotopic (exact) mass is 254 g/mol. The molecule has 0 radical (unpaired) electrons. The van der Waals surface area contributed by atoms with Gasteiger partial charge in [0.15, 0.2) is 5.65 Å². The van der Waals surface area contributed by atoms with Crippen molar-refractivity contribution in [3.63, 3.8) is 0 Å². The minimum absolute atomic E-state index is 0.616. The quantitative estimate of drug-likeness (QED) is 0.741. The van der Waals surface area contributed by atoms with Gasteiger partial charge in [-0.3, -0.25) is 10.1 Å². The first-order valence-electron chi connectivity index (χ1n) is 6.20. The third kappa shape index (κ3) is 2.37. The number of pyridine rings is 1. The van der Waals surface area contributed by atoms with Crippen LogP contribution in [0.15, 0.2) is 30.6 Å². The molecule has 0 aliphatic heterocycles. The van der Waals surface area contributed by atoms with Gasteiger partial charge in [0.25, 0.3) is 0 Å². The normalized spacial score (nSPS) is 10.8. The summed E-state index contributed by atoms with van der Waals surface area (Å²) in [7, 11) is 0. The summed E-state index contributed by atoms with van der Waals surface area (Å²) in [4.78, 5) is 13.2. The molecule has 96 valence electrons. The van der Waals surface area contributed by atoms with Crippen LogP contribution in [0, 0.1) is 0 Å². The third-order valence-corrected chi connectivity index (χ3v) is 2.80. The van der Waals surface area contributed by atoms with E-state index in [4.69, 9.17) is 0 Å². The molecule has 3 aromatic rings. The number of H-pyrrole nitrogens is 1. The lowest BCUT2D eigenvalue weighted by Gasteiger charge is -2.06. The van der Waals surface area contributed by atoms with E-state index in [1.54, 1.807) is 12.4 Å². The Morgan fingerprint density at radius 2 is 2.21 bits per heavy atom. The van der Waals surface area contributed by atoms with E-state index in [1.807, 2.05) is 25.1 Å². The second-order valence-corrected chi connectivity index (χ2v) is 4.15. The van der Waals surface area contributed by atoms with Crippen molar-refractivity contribution in [3.8, 4) is 0 Å². The van der Waals surface area contributed by atoms with Gasteiger partial charge in [0, 0.05) is 24.9 Å². The van der Waals surface area contributed by atoms with Crippen LogP contribution in [0.3, 0.4) is 0 Å². The van der Waals surface area contributed by atoms with E-state index in [9.17, 15) is 0 Å². The number of anilines is 1. The molecule has 6 nitrogen and oxygen atoms in total. The largest absolute Gasteiger partial charge is 0.354 e. The summed E-state index contributed by atoms with van der Waals surface area (Å²) in [6, 6.07) is 5.86. The molecular weight excluding hydrogens is 240 g/mol. The molecule has 0 spiro atoms. The molecule has 2 N–H and O–H groups in total. The van der Waals surface area contributed by atoms with Gasteiger partial charge in [-0.15, -0.1) is 0 Å². The second-order valence-electron chi connectivity index (χ2n) is 4.15. The maximum atomic E-state index is 4.54.